The van der Waals surface area contributed by atoms with E-state index in [-0.39, 0.29) is 63.0 Å². The summed E-state index contributed by atoms with van der Waals surface area (Å²) >= 11 is 0. The Morgan fingerprint density at radius 1 is 0.815 bits per heavy atom. The number of hydrogen-bond acceptors (Lipinski definition) is 10. The number of amides is 6. The Labute approximate surface area is 315 Å². The van der Waals surface area contributed by atoms with Crippen LogP contribution in [0.15, 0.2) is 47.5 Å². The Bertz CT molecular complexity index is 1600. The predicted molar refractivity (Wildman–Crippen MR) is 203 cm³/mol. The van der Waals surface area contributed by atoms with Crippen molar-refractivity contribution in [2.75, 3.05) is 19.7 Å². The first-order valence-electron chi connectivity index (χ1n) is 17.9. The molecule has 0 fully saturated rings. The van der Waals surface area contributed by atoms with E-state index in [0.717, 1.165) is 5.56 Å². The zero-order valence-corrected chi connectivity index (χ0v) is 31.4. The molecule has 0 saturated heterocycles. The van der Waals surface area contributed by atoms with Crippen LogP contribution < -0.4 is 43.8 Å². The third kappa shape index (κ3) is 16.3. The summed E-state index contributed by atoms with van der Waals surface area (Å²) in [6.07, 6.45) is 0.972. The Morgan fingerprint density at radius 2 is 1.43 bits per heavy atom. The first kappa shape index (κ1) is 44.5. The molecule has 0 aliphatic rings. The van der Waals surface area contributed by atoms with Crippen LogP contribution in [0.3, 0.4) is 0 Å². The maximum Gasteiger partial charge on any atom is 0.407 e. The van der Waals surface area contributed by atoms with Gasteiger partial charge in [0, 0.05) is 32.9 Å². The molecule has 6 amide bonds. The second-order valence-electron chi connectivity index (χ2n) is 12.9. The molecular weight excluding hydrogens is 698 g/mol. The second-order valence-corrected chi connectivity index (χ2v) is 12.9. The zero-order valence-electron chi connectivity index (χ0n) is 31.4. The number of phenols is 1. The number of ether oxygens (including phenoxy) is 1. The Kier molecular flexibility index (Phi) is 19.0. The molecular formula is C37H55N9O8. The minimum atomic E-state index is -1.21. The maximum absolute atomic E-state index is 14.1. The predicted octanol–water partition coefficient (Wildman–Crippen LogP) is 0.209. The van der Waals surface area contributed by atoms with Crippen molar-refractivity contribution < 1.29 is 38.6 Å². The Hall–Kier alpha value is -5.71. The Balaban J connectivity index is 2.31. The highest BCUT2D eigenvalue weighted by Crippen LogP contribution is 2.22. The number of primary amides is 1. The lowest BCUT2D eigenvalue weighted by molar-refractivity contribution is -0.133. The number of aryl methyl sites for hydroxylation is 2. The summed E-state index contributed by atoms with van der Waals surface area (Å²) in [5.74, 6) is -3.16. The quantitative estimate of drug-likeness (QED) is 0.0475. The average Bonchev–Trinajstić information content (AvgIpc) is 3.10. The molecule has 0 bridgehead atoms. The van der Waals surface area contributed by atoms with E-state index in [0.29, 0.717) is 36.0 Å². The molecule has 17 heteroatoms. The van der Waals surface area contributed by atoms with E-state index in [1.807, 2.05) is 6.07 Å². The number of carbonyl (C=O) groups is 6. The maximum atomic E-state index is 14.1. The van der Waals surface area contributed by atoms with Gasteiger partial charge in [0.1, 0.15) is 23.9 Å². The van der Waals surface area contributed by atoms with Gasteiger partial charge in [-0.05, 0) is 87.3 Å². The van der Waals surface area contributed by atoms with Gasteiger partial charge in [-0.25, -0.2) is 4.79 Å². The summed E-state index contributed by atoms with van der Waals surface area (Å²) < 4.78 is 4.87. The van der Waals surface area contributed by atoms with Gasteiger partial charge in [-0.3, -0.25) is 34.3 Å². The molecule has 12 N–H and O–H groups in total. The summed E-state index contributed by atoms with van der Waals surface area (Å²) in [6, 6.07) is 7.54. The number of guanidine groups is 1. The second kappa shape index (κ2) is 23.1. The standard InChI is InChI=1S/C37H55N9O8/c1-5-54-37(53)42-16-10-9-15-29(34(51)45-30(32(39)49)20-25-12-7-6-8-13-25)44-35(52)31(21-27-22(2)18-26(48)19-23(27)3)46-33(50)28(38)14-11-17-41-36(40)43-24(4)47/h6-8,12-13,18-19,28-31,48H,5,9-11,14-17,20-21,38H2,1-4H3,(H2,39,49)(H,42,53)(H,44,52)(H,45,51)(H,46,50)(H3,40,41,43,47)/t28-,29+,30+,31+/m1/s1. The van der Waals surface area contributed by atoms with Gasteiger partial charge in [0.2, 0.25) is 29.5 Å². The molecule has 0 heterocycles. The van der Waals surface area contributed by atoms with Crippen LogP contribution in [0.2, 0.25) is 0 Å². The molecule has 0 spiro atoms. The number of unbranched alkanes of at least 4 members (excludes halogenated alkanes) is 1. The van der Waals surface area contributed by atoms with Crippen molar-refractivity contribution in [2.24, 2.45) is 22.2 Å². The number of aliphatic imine (C=N–C) groups is 1. The summed E-state index contributed by atoms with van der Waals surface area (Å²) in [6.45, 7) is 7.14. The molecule has 17 nitrogen and oxygen atoms in total. The van der Waals surface area contributed by atoms with E-state index in [2.05, 4.69) is 31.6 Å². The summed E-state index contributed by atoms with van der Waals surface area (Å²) in [5, 5.41) is 23.2. The largest absolute Gasteiger partial charge is 0.508 e. The highest BCUT2D eigenvalue weighted by molar-refractivity contribution is 5.95. The van der Waals surface area contributed by atoms with E-state index < -0.39 is 53.9 Å². The topological polar surface area (TPSA) is 282 Å². The smallest absolute Gasteiger partial charge is 0.407 e. The molecule has 296 valence electrons. The van der Waals surface area contributed by atoms with Gasteiger partial charge in [0.05, 0.1) is 12.6 Å². The van der Waals surface area contributed by atoms with Gasteiger partial charge in [-0.1, -0.05) is 30.3 Å². The lowest BCUT2D eigenvalue weighted by Crippen LogP contribution is -2.58. The minimum Gasteiger partial charge on any atom is -0.508 e. The molecule has 0 aromatic heterocycles. The van der Waals surface area contributed by atoms with Crippen LogP contribution in [0.4, 0.5) is 4.79 Å². The fourth-order valence-electron chi connectivity index (χ4n) is 5.58. The molecule has 2 aromatic rings. The van der Waals surface area contributed by atoms with Crippen molar-refractivity contribution in [1.29, 1.82) is 0 Å². The van der Waals surface area contributed by atoms with Gasteiger partial charge in [0.15, 0.2) is 5.96 Å². The highest BCUT2D eigenvalue weighted by Gasteiger charge is 2.31. The fraction of sp³-hybridized carbons (Fsp3) is 0.486. The normalized spacial score (nSPS) is 13.4. The van der Waals surface area contributed by atoms with Crippen molar-refractivity contribution in [3.05, 3.63) is 64.7 Å². The van der Waals surface area contributed by atoms with Crippen LogP contribution in [-0.2, 0) is 41.6 Å². The highest BCUT2D eigenvalue weighted by atomic mass is 16.5. The number of nitrogens with one attached hydrogen (secondary N) is 5. The molecule has 0 unspecified atom stereocenters. The molecule has 2 aromatic carbocycles. The molecule has 2 rings (SSSR count). The van der Waals surface area contributed by atoms with Crippen molar-refractivity contribution in [2.45, 2.75) is 96.8 Å². The SMILES string of the molecule is CCOC(=O)NCCCC[C@H](NC(=O)[C@H](Cc1c(C)cc(O)cc1C)NC(=O)[C@H](N)CCCN=C(N)NC(C)=O)C(=O)N[C@@H](Cc1ccccc1)C(N)=O. The monoisotopic (exact) mass is 753 g/mol. The lowest BCUT2D eigenvalue weighted by atomic mass is 9.95. The number of rotatable bonds is 21. The van der Waals surface area contributed by atoms with E-state index >= 15 is 0 Å². The van der Waals surface area contributed by atoms with Gasteiger partial charge in [-0.15, -0.1) is 0 Å². The van der Waals surface area contributed by atoms with Gasteiger partial charge < -0.3 is 48.3 Å². The van der Waals surface area contributed by atoms with Gasteiger partial charge in [0.25, 0.3) is 0 Å². The molecule has 54 heavy (non-hydrogen) atoms. The molecule has 0 saturated carbocycles. The third-order valence-electron chi connectivity index (χ3n) is 8.36. The van der Waals surface area contributed by atoms with Crippen LogP contribution in [0.25, 0.3) is 0 Å². The number of benzene rings is 2. The van der Waals surface area contributed by atoms with Crippen LogP contribution >= 0.6 is 0 Å². The van der Waals surface area contributed by atoms with Crippen molar-refractivity contribution in [3.63, 3.8) is 0 Å². The number of alkyl carbamates (subject to hydrolysis) is 1. The first-order chi connectivity index (χ1) is 25.6. The van der Waals surface area contributed by atoms with Crippen LogP contribution in [0.5, 0.6) is 5.75 Å². The van der Waals surface area contributed by atoms with Crippen molar-refractivity contribution in [1.82, 2.24) is 26.6 Å². The van der Waals surface area contributed by atoms with E-state index in [1.165, 1.54) is 19.1 Å². The van der Waals surface area contributed by atoms with E-state index in [1.54, 1.807) is 45.0 Å². The summed E-state index contributed by atoms with van der Waals surface area (Å²) in [4.78, 5) is 80.5. The summed E-state index contributed by atoms with van der Waals surface area (Å²) in [7, 11) is 0. The van der Waals surface area contributed by atoms with Crippen LogP contribution in [0, 0.1) is 13.8 Å². The number of phenolic OH excluding ortho intramolecular Hbond substituents is 1. The Morgan fingerprint density at radius 3 is 2.04 bits per heavy atom. The van der Waals surface area contributed by atoms with E-state index in [4.69, 9.17) is 21.9 Å². The molecule has 0 radical (unpaired) electrons. The summed E-state index contributed by atoms with van der Waals surface area (Å²) in [5.41, 5.74) is 20.3. The number of nitrogens with zero attached hydrogens (tertiary/aromatic N) is 1. The first-order valence-corrected chi connectivity index (χ1v) is 17.9. The van der Waals surface area contributed by atoms with Gasteiger partial charge >= 0.3 is 6.09 Å². The molecule has 4 atom stereocenters. The lowest BCUT2D eigenvalue weighted by Gasteiger charge is -2.26. The number of aromatic hydroxyl groups is 1. The van der Waals surface area contributed by atoms with Crippen molar-refractivity contribution in [3.8, 4) is 5.75 Å². The van der Waals surface area contributed by atoms with Crippen molar-refractivity contribution >= 4 is 41.6 Å². The third-order valence-corrected chi connectivity index (χ3v) is 8.36. The van der Waals surface area contributed by atoms with E-state index in [9.17, 15) is 33.9 Å². The average molecular weight is 754 g/mol. The number of nitrogens with two attached hydrogens (primary N) is 3. The minimum absolute atomic E-state index is 0.00446. The van der Waals surface area contributed by atoms with Crippen LogP contribution in [0.1, 0.15) is 68.2 Å². The number of carbonyl (C=O) groups excluding carboxylic acids is 6. The van der Waals surface area contributed by atoms with Crippen LogP contribution in [-0.4, -0.2) is 90.6 Å². The zero-order chi connectivity index (χ0) is 40.2. The fourth-order valence-corrected chi connectivity index (χ4v) is 5.58. The number of hydrogen-bond donors (Lipinski definition) is 9. The van der Waals surface area contributed by atoms with Gasteiger partial charge in [-0.2, -0.15) is 0 Å². The molecule has 0 aliphatic heterocycles. The molecule has 0 aliphatic carbocycles.